The second-order valence-corrected chi connectivity index (χ2v) is 6.54. The van der Waals surface area contributed by atoms with E-state index in [1.165, 1.54) is 17.7 Å². The lowest BCUT2D eigenvalue weighted by Crippen LogP contribution is -2.28. The molecule has 2 heterocycles. The van der Waals surface area contributed by atoms with Crippen LogP contribution in [-0.2, 0) is 0 Å². The number of aromatic nitrogens is 2. The molecule has 110 valence electrons. The van der Waals surface area contributed by atoms with E-state index in [1.54, 1.807) is 11.3 Å². The first-order valence-electron chi connectivity index (χ1n) is 7.38. The summed E-state index contributed by atoms with van der Waals surface area (Å²) in [5.74, 6) is 1.67. The first-order valence-corrected chi connectivity index (χ1v) is 8.20. The summed E-state index contributed by atoms with van der Waals surface area (Å²) >= 11 is 1.70. The van der Waals surface area contributed by atoms with Crippen LogP contribution in [0.25, 0.3) is 10.2 Å². The van der Waals surface area contributed by atoms with Gasteiger partial charge in [-0.05, 0) is 32.8 Å². The fourth-order valence-electron chi connectivity index (χ4n) is 2.50. The van der Waals surface area contributed by atoms with Gasteiger partial charge in [0, 0.05) is 24.0 Å². The molecule has 5 nitrogen and oxygen atoms in total. The Kier molecular flexibility index (Phi) is 3.93. The van der Waals surface area contributed by atoms with Gasteiger partial charge in [-0.3, -0.25) is 0 Å². The zero-order chi connectivity index (χ0) is 14.8. The van der Waals surface area contributed by atoms with Gasteiger partial charge in [0.1, 0.15) is 10.6 Å². The molecule has 0 unspecified atom stereocenters. The standard InChI is InChI=1S/C15H19N5S/c1-3-17-15-18-13(12-9-10(2)21-14(12)19-15)20(8-4-7-16)11-5-6-11/h9,11H,3-6,8H2,1-2H3,(H,17,18,19). The van der Waals surface area contributed by atoms with Crippen LogP contribution in [0.3, 0.4) is 0 Å². The Balaban J connectivity index is 2.06. The van der Waals surface area contributed by atoms with Crippen molar-refractivity contribution in [1.82, 2.24) is 9.97 Å². The molecule has 0 spiro atoms. The summed E-state index contributed by atoms with van der Waals surface area (Å²) in [6.07, 6.45) is 2.91. The number of anilines is 2. The molecule has 0 aromatic carbocycles. The van der Waals surface area contributed by atoms with Gasteiger partial charge in [-0.25, -0.2) is 4.98 Å². The number of rotatable bonds is 6. The molecule has 1 aliphatic carbocycles. The van der Waals surface area contributed by atoms with E-state index < -0.39 is 0 Å². The van der Waals surface area contributed by atoms with Crippen LogP contribution < -0.4 is 10.2 Å². The molecule has 0 amide bonds. The Morgan fingerprint density at radius 3 is 2.95 bits per heavy atom. The van der Waals surface area contributed by atoms with Crippen LogP contribution in [0.2, 0.25) is 0 Å². The number of aryl methyl sites for hydroxylation is 1. The average molecular weight is 301 g/mol. The van der Waals surface area contributed by atoms with Crippen molar-refractivity contribution in [3.05, 3.63) is 10.9 Å². The summed E-state index contributed by atoms with van der Waals surface area (Å²) in [6, 6.07) is 4.94. The van der Waals surface area contributed by atoms with Crippen molar-refractivity contribution < 1.29 is 0 Å². The molecule has 3 rings (SSSR count). The van der Waals surface area contributed by atoms with Crippen molar-refractivity contribution in [1.29, 1.82) is 5.26 Å². The number of nitriles is 1. The van der Waals surface area contributed by atoms with Gasteiger partial charge in [0.25, 0.3) is 0 Å². The predicted octanol–water partition coefficient (Wildman–Crippen LogP) is 3.31. The third-order valence-corrected chi connectivity index (χ3v) is 4.50. The molecule has 0 atom stereocenters. The smallest absolute Gasteiger partial charge is 0.226 e. The molecular weight excluding hydrogens is 282 g/mol. The summed E-state index contributed by atoms with van der Waals surface area (Å²) < 4.78 is 0. The lowest BCUT2D eigenvalue weighted by molar-refractivity contribution is 0.781. The zero-order valence-corrected chi connectivity index (χ0v) is 13.2. The number of nitrogens with one attached hydrogen (secondary N) is 1. The van der Waals surface area contributed by atoms with E-state index in [-0.39, 0.29) is 0 Å². The van der Waals surface area contributed by atoms with Gasteiger partial charge < -0.3 is 10.2 Å². The van der Waals surface area contributed by atoms with E-state index in [0.29, 0.717) is 18.4 Å². The van der Waals surface area contributed by atoms with E-state index in [2.05, 4.69) is 34.3 Å². The molecule has 1 N–H and O–H groups in total. The Hall–Kier alpha value is -1.87. The van der Waals surface area contributed by atoms with Gasteiger partial charge in [0.05, 0.1) is 17.9 Å². The second-order valence-electron chi connectivity index (χ2n) is 5.31. The lowest BCUT2D eigenvalue weighted by Gasteiger charge is -2.23. The van der Waals surface area contributed by atoms with Crippen LogP contribution >= 0.6 is 11.3 Å². The minimum Gasteiger partial charge on any atom is -0.354 e. The quantitative estimate of drug-likeness (QED) is 0.886. The highest BCUT2D eigenvalue weighted by Gasteiger charge is 2.31. The van der Waals surface area contributed by atoms with Crippen LogP contribution in [0.15, 0.2) is 6.07 Å². The van der Waals surface area contributed by atoms with Gasteiger partial charge in [0.2, 0.25) is 5.95 Å². The van der Waals surface area contributed by atoms with Crippen molar-refractivity contribution in [3.63, 3.8) is 0 Å². The second kappa shape index (κ2) is 5.86. The Bertz CT molecular complexity index is 683. The van der Waals surface area contributed by atoms with Gasteiger partial charge >= 0.3 is 0 Å². The number of hydrogen-bond donors (Lipinski definition) is 1. The number of fused-ring (bicyclic) bond motifs is 1. The van der Waals surface area contributed by atoms with Crippen molar-refractivity contribution in [3.8, 4) is 6.07 Å². The lowest BCUT2D eigenvalue weighted by atomic mass is 10.3. The number of nitrogens with zero attached hydrogens (tertiary/aromatic N) is 4. The minimum atomic E-state index is 0.529. The summed E-state index contributed by atoms with van der Waals surface area (Å²) in [7, 11) is 0. The topological polar surface area (TPSA) is 64.8 Å². The maximum atomic E-state index is 8.90. The third kappa shape index (κ3) is 2.93. The highest BCUT2D eigenvalue weighted by Crippen LogP contribution is 2.37. The maximum Gasteiger partial charge on any atom is 0.226 e. The fourth-order valence-corrected chi connectivity index (χ4v) is 3.38. The van der Waals surface area contributed by atoms with Crippen molar-refractivity contribution in [2.45, 2.75) is 39.2 Å². The molecule has 0 bridgehead atoms. The normalized spacial score (nSPS) is 14.1. The first kappa shape index (κ1) is 14.1. The van der Waals surface area contributed by atoms with Crippen LogP contribution in [0, 0.1) is 18.3 Å². The number of hydrogen-bond acceptors (Lipinski definition) is 6. The minimum absolute atomic E-state index is 0.529. The molecule has 21 heavy (non-hydrogen) atoms. The fraction of sp³-hybridized carbons (Fsp3) is 0.533. The molecule has 1 fully saturated rings. The summed E-state index contributed by atoms with van der Waals surface area (Å²) in [6.45, 7) is 5.69. The summed E-state index contributed by atoms with van der Waals surface area (Å²) in [5, 5.41) is 13.2. The molecular formula is C15H19N5S. The predicted molar refractivity (Wildman–Crippen MR) is 86.9 cm³/mol. The van der Waals surface area contributed by atoms with Gasteiger partial charge in [0.15, 0.2) is 0 Å². The first-order chi connectivity index (χ1) is 10.2. The van der Waals surface area contributed by atoms with E-state index >= 15 is 0 Å². The molecule has 1 aliphatic rings. The summed E-state index contributed by atoms with van der Waals surface area (Å²) in [4.78, 5) is 13.9. The van der Waals surface area contributed by atoms with Crippen LogP contribution in [-0.4, -0.2) is 29.1 Å². The van der Waals surface area contributed by atoms with Crippen LogP contribution in [0.1, 0.15) is 31.1 Å². The molecule has 2 aromatic rings. The van der Waals surface area contributed by atoms with Crippen molar-refractivity contribution in [2.75, 3.05) is 23.3 Å². The van der Waals surface area contributed by atoms with Gasteiger partial charge in [-0.1, -0.05) is 0 Å². The third-order valence-electron chi connectivity index (χ3n) is 3.55. The highest BCUT2D eigenvalue weighted by atomic mass is 32.1. The molecule has 1 saturated carbocycles. The maximum absolute atomic E-state index is 8.90. The highest BCUT2D eigenvalue weighted by molar-refractivity contribution is 7.18. The average Bonchev–Trinajstić information content (AvgIpc) is 3.21. The van der Waals surface area contributed by atoms with Crippen LogP contribution in [0.4, 0.5) is 11.8 Å². The molecule has 0 radical (unpaired) electrons. The number of thiophene rings is 1. The van der Waals surface area contributed by atoms with Crippen molar-refractivity contribution in [2.24, 2.45) is 0 Å². The van der Waals surface area contributed by atoms with E-state index in [9.17, 15) is 0 Å². The molecule has 2 aromatic heterocycles. The Labute approximate surface area is 128 Å². The van der Waals surface area contributed by atoms with E-state index in [1.807, 2.05) is 6.92 Å². The molecule has 6 heteroatoms. The Morgan fingerprint density at radius 1 is 1.48 bits per heavy atom. The van der Waals surface area contributed by atoms with Gasteiger partial charge in [-0.15, -0.1) is 11.3 Å². The summed E-state index contributed by atoms with van der Waals surface area (Å²) in [5.41, 5.74) is 0. The van der Waals surface area contributed by atoms with Crippen LogP contribution in [0.5, 0.6) is 0 Å². The molecule has 0 saturated heterocycles. The zero-order valence-electron chi connectivity index (χ0n) is 12.4. The monoisotopic (exact) mass is 301 g/mol. The Morgan fingerprint density at radius 2 is 2.29 bits per heavy atom. The van der Waals surface area contributed by atoms with Crippen molar-refractivity contribution >= 4 is 33.3 Å². The van der Waals surface area contributed by atoms with E-state index in [0.717, 1.165) is 29.1 Å². The largest absolute Gasteiger partial charge is 0.354 e. The van der Waals surface area contributed by atoms with Gasteiger partial charge in [-0.2, -0.15) is 10.2 Å². The molecule has 0 aliphatic heterocycles. The SMILES string of the molecule is CCNc1nc(N(CCC#N)C2CC2)c2cc(C)sc2n1. The van der Waals surface area contributed by atoms with E-state index in [4.69, 9.17) is 10.2 Å².